The average Bonchev–Trinajstić information content (AvgIpc) is 2.73. The highest BCUT2D eigenvalue weighted by Gasteiger charge is 2.09. The topological polar surface area (TPSA) is 66.8 Å². The van der Waals surface area contributed by atoms with Crippen LogP contribution in [0.3, 0.4) is 0 Å². The summed E-state index contributed by atoms with van der Waals surface area (Å²) in [7, 11) is 0. The van der Waals surface area contributed by atoms with E-state index in [-0.39, 0.29) is 0 Å². The summed E-state index contributed by atoms with van der Waals surface area (Å²) in [6, 6.07) is 10.4. The summed E-state index contributed by atoms with van der Waals surface area (Å²) in [5.74, 6) is -0.687. The monoisotopic (exact) mass is 406 g/mol. The fraction of sp³-hybridized carbons (Fsp3) is 0.720. The van der Waals surface area contributed by atoms with Crippen LogP contribution in [-0.4, -0.2) is 28.9 Å². The van der Waals surface area contributed by atoms with Crippen LogP contribution in [0.5, 0.6) is 0 Å². The first-order valence-corrected chi connectivity index (χ1v) is 11.7. The molecule has 0 aliphatic rings. The lowest BCUT2D eigenvalue weighted by Gasteiger charge is -2.18. The van der Waals surface area contributed by atoms with Crippen molar-refractivity contribution in [1.82, 2.24) is 0 Å². The number of unbranched alkanes of at least 4 members (excludes halogenated alkanes) is 10. The number of hydrogen-bond donors (Lipinski definition) is 2. The molecule has 0 saturated heterocycles. The molecule has 1 atom stereocenters. The second kappa shape index (κ2) is 18.6. The zero-order valence-electron chi connectivity index (χ0n) is 18.2. The number of carboxylic acid groups (broad SMARTS) is 1. The van der Waals surface area contributed by atoms with Gasteiger partial charge in [-0.1, -0.05) is 94.5 Å². The number of aliphatic hydroxyl groups excluding tert-OH is 1. The van der Waals surface area contributed by atoms with Gasteiger partial charge in [0.25, 0.3) is 0 Å². The zero-order valence-corrected chi connectivity index (χ0v) is 18.2. The Morgan fingerprint density at radius 3 is 1.83 bits per heavy atom. The van der Waals surface area contributed by atoms with Crippen LogP contribution in [-0.2, 0) is 16.1 Å². The molecule has 0 radical (unpaired) electrons. The Bertz CT molecular complexity index is 489. The normalized spacial score (nSPS) is 12.2. The highest BCUT2D eigenvalue weighted by molar-refractivity contribution is 5.66. The Hall–Kier alpha value is -1.39. The van der Waals surface area contributed by atoms with Gasteiger partial charge in [0, 0.05) is 13.0 Å². The summed E-state index contributed by atoms with van der Waals surface area (Å²) in [6.07, 6.45) is 16.4. The Balaban J connectivity index is 2.19. The lowest BCUT2D eigenvalue weighted by atomic mass is 10.0. The molecule has 0 spiro atoms. The van der Waals surface area contributed by atoms with E-state index in [1.807, 2.05) is 6.07 Å². The van der Waals surface area contributed by atoms with Gasteiger partial charge in [-0.25, -0.2) is 0 Å². The number of carboxylic acids is 1. The van der Waals surface area contributed by atoms with Crippen molar-refractivity contribution >= 4 is 5.97 Å². The third kappa shape index (κ3) is 16.1. The highest BCUT2D eigenvalue weighted by Crippen LogP contribution is 2.18. The molecule has 0 aliphatic heterocycles. The van der Waals surface area contributed by atoms with Crippen LogP contribution in [0.4, 0.5) is 0 Å². The van der Waals surface area contributed by atoms with E-state index in [4.69, 9.17) is 14.9 Å². The average molecular weight is 407 g/mol. The summed E-state index contributed by atoms with van der Waals surface area (Å²) >= 11 is 0. The molecule has 1 aromatic rings. The number of ether oxygens (including phenoxy) is 1. The Morgan fingerprint density at radius 1 is 0.759 bits per heavy atom. The molecule has 1 aromatic carbocycles. The van der Waals surface area contributed by atoms with Gasteiger partial charge in [-0.3, -0.25) is 4.79 Å². The summed E-state index contributed by atoms with van der Waals surface area (Å²) in [4.78, 5) is 10.6. The Morgan fingerprint density at radius 2 is 1.28 bits per heavy atom. The van der Waals surface area contributed by atoms with Crippen molar-refractivity contribution in [2.75, 3.05) is 6.61 Å². The summed E-state index contributed by atoms with van der Waals surface area (Å²) in [6.45, 7) is 1.01. The van der Waals surface area contributed by atoms with E-state index in [0.717, 1.165) is 57.8 Å². The van der Waals surface area contributed by atoms with E-state index >= 15 is 0 Å². The molecule has 0 bridgehead atoms. The van der Waals surface area contributed by atoms with Crippen LogP contribution in [0.15, 0.2) is 30.3 Å². The molecule has 29 heavy (non-hydrogen) atoms. The molecule has 0 heterocycles. The van der Waals surface area contributed by atoms with E-state index in [9.17, 15) is 4.79 Å². The molecular formula is C25H42O4. The first-order chi connectivity index (χ1) is 14.2. The first-order valence-electron chi connectivity index (χ1n) is 11.7. The predicted molar refractivity (Wildman–Crippen MR) is 119 cm³/mol. The van der Waals surface area contributed by atoms with Crippen molar-refractivity contribution < 1.29 is 19.7 Å². The van der Waals surface area contributed by atoms with Gasteiger partial charge < -0.3 is 14.9 Å². The molecule has 0 aromatic heterocycles. The lowest BCUT2D eigenvalue weighted by molar-refractivity contribution is -0.137. The standard InChI is InChI=1S/C25H42O4/c26-21-15-8-3-1-2-5-12-18-24(29-22-23-16-10-9-11-17-23)19-13-6-4-7-14-20-25(27)28/h9-11,16-17,24,26H,1-8,12-15,18-22H2,(H,27,28). The number of aliphatic hydroxyl groups is 1. The molecule has 4 heteroatoms. The van der Waals surface area contributed by atoms with Gasteiger partial charge >= 0.3 is 5.97 Å². The maximum atomic E-state index is 10.6. The van der Waals surface area contributed by atoms with Crippen molar-refractivity contribution in [3.05, 3.63) is 35.9 Å². The minimum atomic E-state index is -0.687. The largest absolute Gasteiger partial charge is 0.481 e. The minimum Gasteiger partial charge on any atom is -0.481 e. The number of hydrogen-bond acceptors (Lipinski definition) is 3. The quantitative estimate of drug-likeness (QED) is 0.243. The predicted octanol–water partition coefficient (Wildman–Crippen LogP) is 6.50. The van der Waals surface area contributed by atoms with Crippen molar-refractivity contribution in [1.29, 1.82) is 0 Å². The lowest BCUT2D eigenvalue weighted by Crippen LogP contribution is -2.13. The van der Waals surface area contributed by atoms with E-state index in [1.165, 1.54) is 37.7 Å². The van der Waals surface area contributed by atoms with Gasteiger partial charge in [-0.2, -0.15) is 0 Å². The highest BCUT2D eigenvalue weighted by atomic mass is 16.5. The summed E-state index contributed by atoms with van der Waals surface area (Å²) in [5.41, 5.74) is 1.23. The Kier molecular flexibility index (Phi) is 16.5. The van der Waals surface area contributed by atoms with Crippen LogP contribution < -0.4 is 0 Å². The fourth-order valence-electron chi connectivity index (χ4n) is 3.65. The maximum absolute atomic E-state index is 10.6. The van der Waals surface area contributed by atoms with E-state index < -0.39 is 5.97 Å². The SMILES string of the molecule is O=C(O)CCCCCCCC(CCCCCCCCCO)OCc1ccccc1. The Labute approximate surface area is 177 Å². The van der Waals surface area contributed by atoms with Crippen LogP contribution in [0.2, 0.25) is 0 Å². The zero-order chi connectivity index (χ0) is 21.0. The third-order valence-corrected chi connectivity index (χ3v) is 5.43. The van der Waals surface area contributed by atoms with Crippen LogP contribution in [0.25, 0.3) is 0 Å². The summed E-state index contributed by atoms with van der Waals surface area (Å²) in [5, 5.41) is 17.5. The molecule has 1 unspecified atom stereocenters. The molecule has 4 nitrogen and oxygen atoms in total. The second-order valence-electron chi connectivity index (χ2n) is 8.11. The van der Waals surface area contributed by atoms with Crippen molar-refractivity contribution in [3.8, 4) is 0 Å². The molecule has 166 valence electrons. The molecule has 2 N–H and O–H groups in total. The van der Waals surface area contributed by atoms with Gasteiger partial charge in [-0.15, -0.1) is 0 Å². The smallest absolute Gasteiger partial charge is 0.303 e. The van der Waals surface area contributed by atoms with Crippen molar-refractivity contribution in [2.24, 2.45) is 0 Å². The van der Waals surface area contributed by atoms with Crippen molar-refractivity contribution in [3.63, 3.8) is 0 Å². The summed E-state index contributed by atoms with van der Waals surface area (Å²) < 4.78 is 6.24. The van der Waals surface area contributed by atoms with E-state index in [2.05, 4.69) is 24.3 Å². The molecular weight excluding hydrogens is 364 g/mol. The fourth-order valence-corrected chi connectivity index (χ4v) is 3.65. The van der Waals surface area contributed by atoms with Crippen LogP contribution in [0, 0.1) is 0 Å². The van der Waals surface area contributed by atoms with Gasteiger partial charge in [0.05, 0.1) is 12.7 Å². The maximum Gasteiger partial charge on any atom is 0.303 e. The third-order valence-electron chi connectivity index (χ3n) is 5.43. The number of carbonyl (C=O) groups is 1. The van der Waals surface area contributed by atoms with Crippen molar-refractivity contribution in [2.45, 2.75) is 109 Å². The number of benzene rings is 1. The van der Waals surface area contributed by atoms with E-state index in [1.54, 1.807) is 0 Å². The molecule has 1 rings (SSSR count). The van der Waals surface area contributed by atoms with E-state index in [0.29, 0.717) is 25.7 Å². The van der Waals surface area contributed by atoms with Gasteiger partial charge in [0.15, 0.2) is 0 Å². The van der Waals surface area contributed by atoms with Gasteiger partial charge in [0.2, 0.25) is 0 Å². The van der Waals surface area contributed by atoms with Crippen LogP contribution in [0.1, 0.15) is 102 Å². The minimum absolute atomic E-state index is 0.294. The second-order valence-corrected chi connectivity index (χ2v) is 8.11. The number of rotatable bonds is 20. The molecule has 0 amide bonds. The van der Waals surface area contributed by atoms with Gasteiger partial charge in [0.1, 0.15) is 0 Å². The van der Waals surface area contributed by atoms with Gasteiger partial charge in [-0.05, 0) is 31.2 Å². The van der Waals surface area contributed by atoms with Crippen LogP contribution >= 0.6 is 0 Å². The molecule has 0 aliphatic carbocycles. The molecule has 0 fully saturated rings. The first kappa shape index (κ1) is 25.6. The molecule has 0 saturated carbocycles. The number of aliphatic carboxylic acids is 1.